The topological polar surface area (TPSA) is 100 Å². The number of pyridine rings is 1. The number of anilines is 1. The van der Waals surface area contributed by atoms with Crippen molar-refractivity contribution in [3.05, 3.63) is 82.6 Å². The van der Waals surface area contributed by atoms with Crippen molar-refractivity contribution in [2.24, 2.45) is 7.05 Å². The van der Waals surface area contributed by atoms with Crippen molar-refractivity contribution >= 4 is 11.7 Å². The lowest BCUT2D eigenvalue weighted by Crippen LogP contribution is -2.31. The Hall–Kier alpha value is -4.46. The van der Waals surface area contributed by atoms with Gasteiger partial charge in [-0.1, -0.05) is 6.07 Å². The maximum atomic E-state index is 15.6. The van der Waals surface area contributed by atoms with Crippen molar-refractivity contribution in [1.29, 1.82) is 5.26 Å². The van der Waals surface area contributed by atoms with Gasteiger partial charge < -0.3 is 9.30 Å². The third-order valence-corrected chi connectivity index (χ3v) is 9.29. The molecule has 9 nitrogen and oxygen atoms in total. The third-order valence-electron chi connectivity index (χ3n) is 9.29. The largest absolute Gasteiger partial charge is 0.376 e. The molecule has 1 amide bonds. The van der Waals surface area contributed by atoms with Crippen molar-refractivity contribution in [3.63, 3.8) is 0 Å². The molecule has 216 valence electrons. The fraction of sp³-hybridized carbons (Fsp3) is 0.364. The number of halogens is 1. The normalized spacial score (nSPS) is 21.3. The highest BCUT2D eigenvalue weighted by Crippen LogP contribution is 2.43. The SMILES string of the molecule is Cn1cnnc1-c1cc(C#N)ccc1-c1cc(C2CC2)nc(N2Cc3c(F)cc(CN4CC[C@H]5OCC[C@H]54)cc3C2=O)c1. The van der Waals surface area contributed by atoms with Gasteiger partial charge in [0.2, 0.25) is 0 Å². The number of nitriles is 1. The number of likely N-dealkylation sites (tertiary alicyclic amines) is 1. The Bertz CT molecular complexity index is 1820. The lowest BCUT2D eigenvalue weighted by molar-refractivity contribution is 0.0995. The highest BCUT2D eigenvalue weighted by Gasteiger charge is 2.39. The summed E-state index contributed by atoms with van der Waals surface area (Å²) in [6.07, 6.45) is 5.95. The van der Waals surface area contributed by atoms with Crippen LogP contribution in [0.25, 0.3) is 22.5 Å². The number of aryl methyl sites for hydroxylation is 1. The zero-order valence-corrected chi connectivity index (χ0v) is 23.8. The van der Waals surface area contributed by atoms with Crippen molar-refractivity contribution < 1.29 is 13.9 Å². The van der Waals surface area contributed by atoms with Crippen molar-refractivity contribution in [3.8, 4) is 28.6 Å². The van der Waals surface area contributed by atoms with E-state index < -0.39 is 0 Å². The molecule has 5 heterocycles. The molecule has 43 heavy (non-hydrogen) atoms. The Morgan fingerprint density at radius 1 is 1.07 bits per heavy atom. The predicted molar refractivity (Wildman–Crippen MR) is 156 cm³/mol. The molecule has 0 N–H and O–H groups in total. The summed E-state index contributed by atoms with van der Waals surface area (Å²) in [6.45, 7) is 2.42. The molecule has 8 rings (SSSR count). The van der Waals surface area contributed by atoms with E-state index in [1.165, 1.54) is 0 Å². The number of rotatable bonds is 6. The molecule has 3 fully saturated rings. The number of fused-ring (bicyclic) bond motifs is 2. The number of aromatic nitrogens is 4. The molecular weight excluding hydrogens is 545 g/mol. The smallest absolute Gasteiger partial charge is 0.260 e. The van der Waals surface area contributed by atoms with E-state index in [2.05, 4.69) is 27.2 Å². The average molecular weight is 576 g/mol. The molecule has 2 atom stereocenters. The summed E-state index contributed by atoms with van der Waals surface area (Å²) in [5.74, 6) is 0.866. The minimum Gasteiger partial charge on any atom is -0.376 e. The molecule has 2 aromatic heterocycles. The van der Waals surface area contributed by atoms with Crippen molar-refractivity contribution in [2.45, 2.75) is 56.8 Å². The van der Waals surface area contributed by atoms with Gasteiger partial charge in [-0.2, -0.15) is 5.26 Å². The number of ether oxygens (including phenoxy) is 1. The van der Waals surface area contributed by atoms with Crippen LogP contribution in [0.1, 0.15) is 64.3 Å². The van der Waals surface area contributed by atoms with Crippen LogP contribution in [-0.2, 0) is 24.9 Å². The number of hydrogen-bond donors (Lipinski definition) is 0. The summed E-state index contributed by atoms with van der Waals surface area (Å²) < 4.78 is 23.2. The first-order valence-electron chi connectivity index (χ1n) is 14.9. The van der Waals surface area contributed by atoms with E-state index in [9.17, 15) is 10.1 Å². The molecule has 0 bridgehead atoms. The summed E-state index contributed by atoms with van der Waals surface area (Å²) in [4.78, 5) is 22.8. The summed E-state index contributed by atoms with van der Waals surface area (Å²) in [6, 6.07) is 15.5. The van der Waals surface area contributed by atoms with Gasteiger partial charge in [-0.25, -0.2) is 9.37 Å². The van der Waals surface area contributed by atoms with Crippen molar-refractivity contribution in [2.75, 3.05) is 18.1 Å². The Kier molecular flexibility index (Phi) is 6.13. The monoisotopic (exact) mass is 575 g/mol. The molecule has 3 aliphatic heterocycles. The van der Waals surface area contributed by atoms with Crippen LogP contribution in [0, 0.1) is 17.1 Å². The number of carbonyl (C=O) groups is 1. The van der Waals surface area contributed by atoms with Gasteiger partial charge in [-0.05, 0) is 78.8 Å². The van der Waals surface area contributed by atoms with Crippen LogP contribution in [-0.4, -0.2) is 55.9 Å². The van der Waals surface area contributed by atoms with Crippen LogP contribution in [0.5, 0.6) is 0 Å². The van der Waals surface area contributed by atoms with Gasteiger partial charge in [-0.15, -0.1) is 10.2 Å². The van der Waals surface area contributed by atoms with Crippen LogP contribution in [0.15, 0.2) is 48.8 Å². The molecule has 1 saturated carbocycles. The van der Waals surface area contributed by atoms with E-state index in [0.29, 0.717) is 46.8 Å². The lowest BCUT2D eigenvalue weighted by atomic mass is 9.96. The quantitative estimate of drug-likeness (QED) is 0.321. The van der Waals surface area contributed by atoms with Crippen molar-refractivity contribution in [1.82, 2.24) is 24.6 Å². The van der Waals surface area contributed by atoms with E-state index >= 15 is 4.39 Å². The fourth-order valence-corrected chi connectivity index (χ4v) is 6.91. The number of amides is 1. The fourth-order valence-electron chi connectivity index (χ4n) is 6.91. The number of benzene rings is 2. The Morgan fingerprint density at radius 3 is 2.74 bits per heavy atom. The maximum Gasteiger partial charge on any atom is 0.260 e. The molecule has 0 unspecified atom stereocenters. The maximum absolute atomic E-state index is 15.6. The molecule has 2 aromatic carbocycles. The van der Waals surface area contributed by atoms with Gasteiger partial charge in [0.1, 0.15) is 18.0 Å². The summed E-state index contributed by atoms with van der Waals surface area (Å²) >= 11 is 0. The molecular formula is C33H30FN7O2. The Balaban J connectivity index is 1.16. The van der Waals surface area contributed by atoms with E-state index in [1.54, 1.807) is 23.4 Å². The van der Waals surface area contributed by atoms with Crippen LogP contribution in [0.2, 0.25) is 0 Å². The van der Waals surface area contributed by atoms with Gasteiger partial charge in [0, 0.05) is 61.1 Å². The minimum atomic E-state index is -0.350. The van der Waals surface area contributed by atoms with E-state index in [0.717, 1.165) is 66.8 Å². The van der Waals surface area contributed by atoms with Gasteiger partial charge in [0.05, 0.1) is 24.3 Å². The van der Waals surface area contributed by atoms with Gasteiger partial charge in [0.25, 0.3) is 5.91 Å². The number of nitrogens with zero attached hydrogens (tertiary/aromatic N) is 7. The van der Waals surface area contributed by atoms with Gasteiger partial charge in [-0.3, -0.25) is 14.6 Å². The minimum absolute atomic E-state index is 0.132. The first-order valence-corrected chi connectivity index (χ1v) is 14.9. The van der Waals surface area contributed by atoms with E-state index in [-0.39, 0.29) is 24.4 Å². The summed E-state index contributed by atoms with van der Waals surface area (Å²) in [7, 11) is 1.86. The highest BCUT2D eigenvalue weighted by molar-refractivity contribution is 6.10. The Labute approximate surface area is 248 Å². The number of hydrogen-bond acceptors (Lipinski definition) is 7. The van der Waals surface area contributed by atoms with Crippen LogP contribution >= 0.6 is 0 Å². The second-order valence-electron chi connectivity index (χ2n) is 12.1. The summed E-state index contributed by atoms with van der Waals surface area (Å²) in [5.41, 5.74) is 5.54. The third kappa shape index (κ3) is 4.51. The summed E-state index contributed by atoms with van der Waals surface area (Å²) in [5, 5.41) is 17.9. The van der Waals surface area contributed by atoms with Gasteiger partial charge in [0.15, 0.2) is 5.82 Å². The van der Waals surface area contributed by atoms with E-state index in [4.69, 9.17) is 9.72 Å². The first kappa shape index (κ1) is 26.2. The van der Waals surface area contributed by atoms with Crippen LogP contribution in [0.3, 0.4) is 0 Å². The molecule has 4 aromatic rings. The Morgan fingerprint density at radius 2 is 1.95 bits per heavy atom. The zero-order chi connectivity index (χ0) is 29.2. The average Bonchev–Trinajstić information content (AvgIpc) is 3.26. The second-order valence-corrected chi connectivity index (χ2v) is 12.1. The van der Waals surface area contributed by atoms with E-state index in [1.807, 2.05) is 35.9 Å². The lowest BCUT2D eigenvalue weighted by Gasteiger charge is -2.22. The molecule has 0 spiro atoms. The second kappa shape index (κ2) is 10.1. The standard InChI is InChI=1S/C33H30FN7O2/c1-39-18-36-38-32(39)24-10-19(15-35)2-5-23(24)22-13-28(21-3-4-21)37-31(14-22)41-17-26-25(33(41)42)11-20(12-27(26)34)16-40-8-6-30-29(40)7-9-43-30/h2,5,10-14,18,21,29-30H,3-4,6-9,16-17H2,1H3/t29-,30-/m1/s1. The number of carbonyl (C=O) groups excluding carboxylic acids is 1. The zero-order valence-electron chi connectivity index (χ0n) is 23.8. The van der Waals surface area contributed by atoms with Crippen LogP contribution < -0.4 is 4.90 Å². The predicted octanol–water partition coefficient (Wildman–Crippen LogP) is 4.96. The molecule has 0 radical (unpaired) electrons. The molecule has 2 saturated heterocycles. The molecule has 1 aliphatic carbocycles. The van der Waals surface area contributed by atoms with Crippen LogP contribution in [0.4, 0.5) is 10.2 Å². The highest BCUT2D eigenvalue weighted by atomic mass is 19.1. The first-order chi connectivity index (χ1) is 21.0. The molecule has 10 heteroatoms. The molecule has 4 aliphatic rings. The van der Waals surface area contributed by atoms with Gasteiger partial charge >= 0.3 is 0 Å².